The summed E-state index contributed by atoms with van der Waals surface area (Å²) < 4.78 is 6.82. The Morgan fingerprint density at radius 3 is 2.72 bits per heavy atom. The maximum Gasteiger partial charge on any atom is 0.251 e. The fourth-order valence-corrected chi connectivity index (χ4v) is 4.14. The highest BCUT2D eigenvalue weighted by Gasteiger charge is 2.36. The van der Waals surface area contributed by atoms with E-state index in [1.807, 2.05) is 0 Å². The number of ether oxygens (including phenoxy) is 1. The van der Waals surface area contributed by atoms with Crippen LogP contribution in [0.1, 0.15) is 52.4 Å². The quantitative estimate of drug-likeness (QED) is 0.693. The topological polar surface area (TPSA) is 96.7 Å². The summed E-state index contributed by atoms with van der Waals surface area (Å²) in [4.78, 5) is 27.2. The van der Waals surface area contributed by atoms with E-state index in [1.165, 1.54) is 32.4 Å². The Labute approximate surface area is 171 Å². The number of hydrogen-bond donors (Lipinski definition) is 2. The molecule has 1 aromatic heterocycles. The molecule has 1 aromatic rings. The van der Waals surface area contributed by atoms with Crippen LogP contribution in [0.5, 0.6) is 0 Å². The fraction of sp³-hybridized carbons (Fsp3) is 0.667. The van der Waals surface area contributed by atoms with Crippen LogP contribution in [0.15, 0.2) is 24.1 Å². The molecule has 29 heavy (non-hydrogen) atoms. The van der Waals surface area contributed by atoms with Crippen LogP contribution in [-0.4, -0.2) is 56.9 Å². The first-order chi connectivity index (χ1) is 13.7. The van der Waals surface area contributed by atoms with E-state index in [-0.39, 0.29) is 11.8 Å². The SMILES string of the molecule is COC1=CC(=O)N([C@@H](CC2CCCCC2)C(=O)Nc2ccn(CC(C)(C)O)n2)C1. The summed E-state index contributed by atoms with van der Waals surface area (Å²) in [5.74, 6) is 1.01. The van der Waals surface area contributed by atoms with Crippen LogP contribution in [0.3, 0.4) is 0 Å². The minimum absolute atomic E-state index is 0.189. The molecule has 1 aliphatic carbocycles. The number of amides is 2. The molecular formula is C21H32N4O4. The summed E-state index contributed by atoms with van der Waals surface area (Å²) in [6.07, 6.45) is 9.60. The summed E-state index contributed by atoms with van der Waals surface area (Å²) in [6, 6.07) is 1.14. The first kappa shape index (κ1) is 21.4. The predicted octanol–water partition coefficient (Wildman–Crippen LogP) is 2.30. The molecule has 0 bridgehead atoms. The molecule has 0 spiro atoms. The number of aromatic nitrogens is 2. The van der Waals surface area contributed by atoms with E-state index >= 15 is 0 Å². The standard InChI is InChI=1S/C21H32N4O4/c1-21(2,28)14-24-10-9-18(23-24)22-20(27)17(11-15-7-5-4-6-8-15)25-13-16(29-3)12-19(25)26/h9-10,12,15,17,28H,4-8,11,13-14H2,1-3H3,(H,22,23,27)/t17-/m0/s1. The van der Waals surface area contributed by atoms with Crippen molar-refractivity contribution in [3.63, 3.8) is 0 Å². The van der Waals surface area contributed by atoms with Gasteiger partial charge in [-0.25, -0.2) is 0 Å². The highest BCUT2D eigenvalue weighted by Crippen LogP contribution is 2.30. The Morgan fingerprint density at radius 1 is 1.38 bits per heavy atom. The van der Waals surface area contributed by atoms with Gasteiger partial charge >= 0.3 is 0 Å². The van der Waals surface area contributed by atoms with Crippen LogP contribution in [0, 0.1) is 5.92 Å². The molecule has 1 aliphatic heterocycles. The second-order valence-electron chi connectivity index (χ2n) is 8.74. The molecule has 2 N–H and O–H groups in total. The molecule has 0 aromatic carbocycles. The molecule has 2 aliphatic rings. The molecule has 2 amide bonds. The van der Waals surface area contributed by atoms with Crippen molar-refractivity contribution in [1.82, 2.24) is 14.7 Å². The van der Waals surface area contributed by atoms with Crippen LogP contribution in [0.4, 0.5) is 5.82 Å². The summed E-state index contributed by atoms with van der Waals surface area (Å²) in [5.41, 5.74) is -0.902. The monoisotopic (exact) mass is 404 g/mol. The lowest BCUT2D eigenvalue weighted by atomic mass is 9.84. The molecule has 1 atom stereocenters. The summed E-state index contributed by atoms with van der Waals surface area (Å²) >= 11 is 0. The Morgan fingerprint density at radius 2 is 2.10 bits per heavy atom. The third kappa shape index (κ3) is 5.82. The van der Waals surface area contributed by atoms with Gasteiger partial charge in [0.2, 0.25) is 5.91 Å². The van der Waals surface area contributed by atoms with Crippen LogP contribution in [0.2, 0.25) is 0 Å². The van der Waals surface area contributed by atoms with E-state index in [0.29, 0.717) is 37.0 Å². The van der Waals surface area contributed by atoms with E-state index in [4.69, 9.17) is 4.74 Å². The molecule has 8 nitrogen and oxygen atoms in total. The highest BCUT2D eigenvalue weighted by atomic mass is 16.5. The Kier molecular flexibility index (Phi) is 6.62. The number of carbonyl (C=O) groups excluding carboxylic acids is 2. The number of carbonyl (C=O) groups is 2. The molecule has 0 saturated heterocycles. The van der Waals surface area contributed by atoms with Crippen molar-refractivity contribution in [3.05, 3.63) is 24.1 Å². The Hall–Kier alpha value is -2.35. The molecular weight excluding hydrogens is 372 g/mol. The molecule has 0 unspecified atom stereocenters. The lowest BCUT2D eigenvalue weighted by Gasteiger charge is -2.31. The second-order valence-corrected chi connectivity index (χ2v) is 8.74. The van der Waals surface area contributed by atoms with Crippen molar-refractivity contribution >= 4 is 17.6 Å². The highest BCUT2D eigenvalue weighted by molar-refractivity contribution is 5.99. The van der Waals surface area contributed by atoms with Gasteiger partial charge in [0.15, 0.2) is 5.82 Å². The largest absolute Gasteiger partial charge is 0.499 e. The number of anilines is 1. The lowest BCUT2D eigenvalue weighted by molar-refractivity contribution is -0.134. The van der Waals surface area contributed by atoms with Crippen molar-refractivity contribution < 1.29 is 19.4 Å². The number of hydrogen-bond acceptors (Lipinski definition) is 5. The van der Waals surface area contributed by atoms with E-state index in [1.54, 1.807) is 35.7 Å². The molecule has 160 valence electrons. The van der Waals surface area contributed by atoms with Gasteiger partial charge in [-0.3, -0.25) is 14.3 Å². The average Bonchev–Trinajstić information content (AvgIpc) is 3.25. The maximum atomic E-state index is 13.1. The van der Waals surface area contributed by atoms with Crippen molar-refractivity contribution in [3.8, 4) is 0 Å². The Balaban J connectivity index is 1.71. The predicted molar refractivity (Wildman–Crippen MR) is 109 cm³/mol. The van der Waals surface area contributed by atoms with E-state index in [0.717, 1.165) is 12.8 Å². The Bertz CT molecular complexity index is 759. The van der Waals surface area contributed by atoms with Crippen molar-refractivity contribution in [2.45, 2.75) is 70.6 Å². The van der Waals surface area contributed by atoms with Crippen molar-refractivity contribution in [2.75, 3.05) is 19.0 Å². The molecule has 8 heteroatoms. The minimum atomic E-state index is -0.902. The van der Waals surface area contributed by atoms with Crippen LogP contribution >= 0.6 is 0 Å². The fourth-order valence-electron chi connectivity index (χ4n) is 4.14. The third-order valence-corrected chi connectivity index (χ3v) is 5.56. The van der Waals surface area contributed by atoms with Crippen LogP contribution in [-0.2, 0) is 20.9 Å². The van der Waals surface area contributed by atoms with Crippen LogP contribution in [0.25, 0.3) is 0 Å². The van der Waals surface area contributed by atoms with E-state index in [2.05, 4.69) is 10.4 Å². The summed E-state index contributed by atoms with van der Waals surface area (Å²) in [7, 11) is 1.54. The van der Waals surface area contributed by atoms with Crippen LogP contribution < -0.4 is 5.32 Å². The molecule has 1 fully saturated rings. The van der Waals surface area contributed by atoms with Gasteiger partial charge in [0.05, 0.1) is 25.8 Å². The zero-order chi connectivity index (χ0) is 21.0. The van der Waals surface area contributed by atoms with E-state index < -0.39 is 11.6 Å². The molecule has 1 saturated carbocycles. The van der Waals surface area contributed by atoms with Gasteiger partial charge in [-0.15, -0.1) is 0 Å². The van der Waals surface area contributed by atoms with Gasteiger partial charge in [0.25, 0.3) is 5.91 Å². The van der Waals surface area contributed by atoms with Gasteiger partial charge in [-0.05, 0) is 26.2 Å². The lowest BCUT2D eigenvalue weighted by Crippen LogP contribution is -2.46. The molecule has 3 rings (SSSR count). The minimum Gasteiger partial charge on any atom is -0.499 e. The van der Waals surface area contributed by atoms with Gasteiger partial charge in [0, 0.05) is 18.3 Å². The summed E-state index contributed by atoms with van der Waals surface area (Å²) in [5, 5.41) is 17.1. The number of nitrogens with one attached hydrogen (secondary N) is 1. The number of nitrogens with zero attached hydrogens (tertiary/aromatic N) is 3. The second kappa shape index (κ2) is 8.98. The number of aliphatic hydroxyl groups is 1. The van der Waals surface area contributed by atoms with Gasteiger partial charge in [-0.1, -0.05) is 32.1 Å². The zero-order valence-electron chi connectivity index (χ0n) is 17.6. The molecule has 0 radical (unpaired) electrons. The normalized spacial score (nSPS) is 19.2. The van der Waals surface area contributed by atoms with Crippen molar-refractivity contribution in [1.29, 1.82) is 0 Å². The average molecular weight is 405 g/mol. The summed E-state index contributed by atoms with van der Waals surface area (Å²) in [6.45, 7) is 4.03. The number of rotatable bonds is 8. The van der Waals surface area contributed by atoms with Gasteiger partial charge < -0.3 is 20.1 Å². The maximum absolute atomic E-state index is 13.1. The third-order valence-electron chi connectivity index (χ3n) is 5.56. The van der Waals surface area contributed by atoms with E-state index in [9.17, 15) is 14.7 Å². The first-order valence-electron chi connectivity index (χ1n) is 10.4. The van der Waals surface area contributed by atoms with Gasteiger partial charge in [-0.2, -0.15) is 5.10 Å². The smallest absolute Gasteiger partial charge is 0.251 e. The number of methoxy groups -OCH3 is 1. The van der Waals surface area contributed by atoms with Crippen molar-refractivity contribution in [2.24, 2.45) is 5.92 Å². The molecule has 2 heterocycles. The zero-order valence-corrected chi connectivity index (χ0v) is 17.6. The first-order valence-corrected chi connectivity index (χ1v) is 10.4. The van der Waals surface area contributed by atoms with Gasteiger partial charge in [0.1, 0.15) is 11.8 Å².